The van der Waals surface area contributed by atoms with Gasteiger partial charge in [-0.15, -0.1) is 0 Å². The molecule has 0 bridgehead atoms. The van der Waals surface area contributed by atoms with Gasteiger partial charge in [0.1, 0.15) is 0 Å². The minimum absolute atomic E-state index is 0.109. The fraction of sp³-hybridized carbons (Fsp3) is 0.294. The van der Waals surface area contributed by atoms with Gasteiger partial charge in [-0.1, -0.05) is 29.8 Å². The van der Waals surface area contributed by atoms with Gasteiger partial charge in [-0.3, -0.25) is 0 Å². The Labute approximate surface area is 142 Å². The summed E-state index contributed by atoms with van der Waals surface area (Å²) in [5.74, 6) is 0. The highest BCUT2D eigenvalue weighted by Gasteiger charge is 2.47. The van der Waals surface area contributed by atoms with Crippen LogP contribution in [0.1, 0.15) is 27.8 Å². The molecule has 9 heteroatoms. The molecule has 26 heavy (non-hydrogen) atoms. The molecule has 2 aromatic rings. The van der Waals surface area contributed by atoms with Gasteiger partial charge < -0.3 is 0 Å². The van der Waals surface area contributed by atoms with Crippen LogP contribution >= 0.6 is 0 Å². The molecule has 0 atom stereocenters. The van der Waals surface area contributed by atoms with Crippen molar-refractivity contribution in [2.24, 2.45) is 0 Å². The molecule has 2 aromatic carbocycles. The van der Waals surface area contributed by atoms with Crippen molar-refractivity contribution in [2.45, 2.75) is 32.4 Å². The first-order chi connectivity index (χ1) is 11.6. The van der Waals surface area contributed by atoms with Crippen molar-refractivity contribution in [3.05, 3.63) is 58.1 Å². The summed E-state index contributed by atoms with van der Waals surface area (Å²) in [5.41, 5.74) is -8.29. The number of halogens is 9. The van der Waals surface area contributed by atoms with Crippen LogP contribution in [0.25, 0.3) is 11.1 Å². The highest BCUT2D eigenvalue weighted by molar-refractivity contribution is 5.74. The first-order valence-electron chi connectivity index (χ1n) is 7.10. The van der Waals surface area contributed by atoms with Crippen LogP contribution in [0.5, 0.6) is 0 Å². The van der Waals surface area contributed by atoms with E-state index in [0.717, 1.165) is 25.1 Å². The molecular formula is C17H11F9. The van der Waals surface area contributed by atoms with Crippen molar-refractivity contribution in [3.63, 3.8) is 0 Å². The zero-order valence-corrected chi connectivity index (χ0v) is 13.3. The topological polar surface area (TPSA) is 0 Å². The molecule has 0 saturated carbocycles. The molecule has 0 amide bonds. The summed E-state index contributed by atoms with van der Waals surface area (Å²) < 4.78 is 120. The van der Waals surface area contributed by atoms with Crippen LogP contribution in [0.15, 0.2) is 30.3 Å². The van der Waals surface area contributed by atoms with E-state index in [4.69, 9.17) is 0 Å². The third kappa shape index (κ3) is 3.81. The molecular weight excluding hydrogens is 375 g/mol. The molecule has 0 aliphatic heterocycles. The molecule has 0 nitrogen and oxygen atoms in total. The number of hydrogen-bond acceptors (Lipinski definition) is 0. The van der Waals surface area contributed by atoms with E-state index >= 15 is 0 Å². The summed E-state index contributed by atoms with van der Waals surface area (Å²) in [6, 6.07) is 3.82. The van der Waals surface area contributed by atoms with Crippen LogP contribution in [-0.2, 0) is 18.5 Å². The molecule has 0 aromatic heterocycles. The van der Waals surface area contributed by atoms with Gasteiger partial charge in [0.25, 0.3) is 0 Å². The normalized spacial score (nSPS) is 13.2. The molecule has 142 valence electrons. The summed E-state index contributed by atoms with van der Waals surface area (Å²) in [4.78, 5) is 0. The average Bonchev–Trinajstić information content (AvgIpc) is 2.44. The van der Waals surface area contributed by atoms with E-state index in [1.165, 1.54) is 6.92 Å². The van der Waals surface area contributed by atoms with Crippen molar-refractivity contribution in [2.75, 3.05) is 0 Å². The Hall–Kier alpha value is -2.19. The fourth-order valence-corrected chi connectivity index (χ4v) is 2.72. The fourth-order valence-electron chi connectivity index (χ4n) is 2.72. The van der Waals surface area contributed by atoms with Gasteiger partial charge >= 0.3 is 18.5 Å². The predicted molar refractivity (Wildman–Crippen MR) is 76.4 cm³/mol. The molecule has 0 heterocycles. The maximum Gasteiger partial charge on any atom is 0.417 e. The molecule has 0 N–H and O–H groups in total. The highest BCUT2D eigenvalue weighted by Crippen LogP contribution is 2.48. The number of rotatable bonds is 1. The van der Waals surface area contributed by atoms with Crippen LogP contribution in [0.4, 0.5) is 39.5 Å². The van der Waals surface area contributed by atoms with E-state index in [2.05, 4.69) is 0 Å². The van der Waals surface area contributed by atoms with Crippen molar-refractivity contribution in [1.29, 1.82) is 0 Å². The summed E-state index contributed by atoms with van der Waals surface area (Å²) >= 11 is 0. The second-order valence-corrected chi connectivity index (χ2v) is 5.72. The van der Waals surface area contributed by atoms with E-state index < -0.39 is 51.9 Å². The number of aryl methyl sites for hydroxylation is 2. The van der Waals surface area contributed by atoms with Crippen LogP contribution in [0.3, 0.4) is 0 Å². The quantitative estimate of drug-likeness (QED) is 0.462. The Morgan fingerprint density at radius 3 is 1.54 bits per heavy atom. The summed E-state index contributed by atoms with van der Waals surface area (Å²) in [6.45, 7) is 2.11. The molecule has 0 radical (unpaired) electrons. The standard InChI is InChI=1S/C17H11F9/c1-8-3-5-10(12(7-8)15(18,19)20)11-6-4-9(2)13(16(21,22)23)14(11)17(24,25)26/h3-7H,1-2H3. The summed E-state index contributed by atoms with van der Waals surface area (Å²) in [5, 5.41) is 0. The van der Waals surface area contributed by atoms with E-state index in [0.29, 0.717) is 12.1 Å². The average molecular weight is 386 g/mol. The molecule has 0 spiro atoms. The summed E-state index contributed by atoms with van der Waals surface area (Å²) in [6.07, 6.45) is -15.9. The third-order valence-corrected chi connectivity index (χ3v) is 3.75. The molecule has 0 saturated heterocycles. The van der Waals surface area contributed by atoms with Gasteiger partial charge in [-0.2, -0.15) is 39.5 Å². The maximum atomic E-state index is 13.4. The third-order valence-electron chi connectivity index (χ3n) is 3.75. The van der Waals surface area contributed by atoms with Crippen molar-refractivity contribution < 1.29 is 39.5 Å². The Balaban J connectivity index is 2.98. The van der Waals surface area contributed by atoms with Crippen LogP contribution in [0.2, 0.25) is 0 Å². The van der Waals surface area contributed by atoms with Crippen LogP contribution < -0.4 is 0 Å². The van der Waals surface area contributed by atoms with Gasteiger partial charge in [-0.25, -0.2) is 0 Å². The number of hydrogen-bond donors (Lipinski definition) is 0. The zero-order valence-electron chi connectivity index (χ0n) is 13.3. The molecule has 0 unspecified atom stereocenters. The van der Waals surface area contributed by atoms with E-state index in [-0.39, 0.29) is 5.56 Å². The second-order valence-electron chi connectivity index (χ2n) is 5.72. The van der Waals surface area contributed by atoms with E-state index in [9.17, 15) is 39.5 Å². The predicted octanol–water partition coefficient (Wildman–Crippen LogP) is 7.03. The first kappa shape index (κ1) is 20.1. The SMILES string of the molecule is Cc1ccc(-c2ccc(C)c(C(F)(F)F)c2C(F)(F)F)c(C(F)(F)F)c1. The minimum atomic E-state index is -5.50. The van der Waals surface area contributed by atoms with Crippen molar-refractivity contribution in [1.82, 2.24) is 0 Å². The molecule has 0 aliphatic carbocycles. The second kappa shape index (κ2) is 6.21. The Bertz CT molecular complexity index is 824. The number of benzene rings is 2. The molecule has 2 rings (SSSR count). The summed E-state index contributed by atoms with van der Waals surface area (Å²) in [7, 11) is 0. The molecule has 0 fully saturated rings. The minimum Gasteiger partial charge on any atom is -0.166 e. The van der Waals surface area contributed by atoms with Crippen molar-refractivity contribution >= 4 is 0 Å². The zero-order chi connectivity index (χ0) is 20.1. The van der Waals surface area contributed by atoms with Gasteiger partial charge in [0.2, 0.25) is 0 Å². The van der Waals surface area contributed by atoms with Crippen molar-refractivity contribution in [3.8, 4) is 11.1 Å². The number of alkyl halides is 9. The van der Waals surface area contributed by atoms with Gasteiger partial charge in [0, 0.05) is 0 Å². The lowest BCUT2D eigenvalue weighted by Crippen LogP contribution is -2.20. The lowest BCUT2D eigenvalue weighted by molar-refractivity contribution is -0.162. The Morgan fingerprint density at radius 2 is 1.08 bits per heavy atom. The largest absolute Gasteiger partial charge is 0.417 e. The van der Waals surface area contributed by atoms with Crippen LogP contribution in [0, 0.1) is 13.8 Å². The molecule has 0 aliphatic rings. The van der Waals surface area contributed by atoms with E-state index in [1.54, 1.807) is 0 Å². The highest BCUT2D eigenvalue weighted by atomic mass is 19.4. The maximum absolute atomic E-state index is 13.4. The lowest BCUT2D eigenvalue weighted by Gasteiger charge is -2.23. The van der Waals surface area contributed by atoms with Crippen LogP contribution in [-0.4, -0.2) is 0 Å². The first-order valence-corrected chi connectivity index (χ1v) is 7.10. The van der Waals surface area contributed by atoms with Gasteiger partial charge in [0.15, 0.2) is 0 Å². The lowest BCUT2D eigenvalue weighted by atomic mass is 9.88. The smallest absolute Gasteiger partial charge is 0.166 e. The Kier molecular flexibility index (Phi) is 4.80. The Morgan fingerprint density at radius 1 is 0.577 bits per heavy atom. The monoisotopic (exact) mass is 386 g/mol. The van der Waals surface area contributed by atoms with E-state index in [1.807, 2.05) is 0 Å². The van der Waals surface area contributed by atoms with Gasteiger partial charge in [-0.05, 0) is 36.6 Å². The van der Waals surface area contributed by atoms with Gasteiger partial charge in [0.05, 0.1) is 16.7 Å².